The molecule has 146 valence electrons. The third kappa shape index (κ3) is 3.37. The van der Waals surface area contributed by atoms with E-state index < -0.39 is 11.7 Å². The summed E-state index contributed by atoms with van der Waals surface area (Å²) in [5.41, 5.74) is 3.17. The Labute approximate surface area is 157 Å². The summed E-state index contributed by atoms with van der Waals surface area (Å²) in [6, 6.07) is 4.85. The fourth-order valence-electron chi connectivity index (χ4n) is 3.23. The zero-order chi connectivity index (χ0) is 19.9. The molecule has 10 heteroatoms. The fraction of sp³-hybridized carbons (Fsp3) is 0.333. The van der Waals surface area contributed by atoms with E-state index in [1.807, 2.05) is 0 Å². The molecule has 1 amide bonds. The maximum atomic E-state index is 12.8. The summed E-state index contributed by atoms with van der Waals surface area (Å²) in [6.07, 6.45) is -3.72. The summed E-state index contributed by atoms with van der Waals surface area (Å²) < 4.78 is 43.0. The summed E-state index contributed by atoms with van der Waals surface area (Å²) in [5.74, 6) is -0.121. The van der Waals surface area contributed by atoms with Gasteiger partial charge in [0.1, 0.15) is 11.4 Å². The summed E-state index contributed by atoms with van der Waals surface area (Å²) in [7, 11) is 0. The first-order valence-electron chi connectivity index (χ1n) is 8.62. The number of hydrogen-bond donors (Lipinski definition) is 1. The first-order valence-corrected chi connectivity index (χ1v) is 8.62. The molecular weight excluding hydrogens is 375 g/mol. The Kier molecular flexibility index (Phi) is 4.40. The van der Waals surface area contributed by atoms with Crippen molar-refractivity contribution in [2.24, 2.45) is 0 Å². The normalized spacial score (nSPS) is 14.2. The van der Waals surface area contributed by atoms with Crippen LogP contribution in [0.1, 0.15) is 28.2 Å². The van der Waals surface area contributed by atoms with Crippen LogP contribution in [0.15, 0.2) is 28.9 Å². The standard InChI is InChI=1S/C18H16F3N5O2/c1-10-15(25-28-24-10)8-16(27)26-7-6-14-13(9-26)17(23-22-14)11-2-4-12(5-3-11)18(19,20)21/h2-5H,6-9H2,1H3,(H,22,23). The van der Waals surface area contributed by atoms with Crippen molar-refractivity contribution in [2.75, 3.05) is 6.54 Å². The lowest BCUT2D eigenvalue weighted by molar-refractivity contribution is -0.137. The predicted molar refractivity (Wildman–Crippen MR) is 90.9 cm³/mol. The van der Waals surface area contributed by atoms with Gasteiger partial charge in [0.2, 0.25) is 5.91 Å². The number of fused-ring (bicyclic) bond motifs is 1. The number of benzene rings is 1. The second-order valence-corrected chi connectivity index (χ2v) is 6.64. The van der Waals surface area contributed by atoms with Crippen LogP contribution in [0, 0.1) is 6.92 Å². The van der Waals surface area contributed by atoms with Crippen molar-refractivity contribution in [3.8, 4) is 11.3 Å². The smallest absolute Gasteiger partial charge is 0.337 e. The van der Waals surface area contributed by atoms with Crippen LogP contribution >= 0.6 is 0 Å². The molecule has 4 rings (SSSR count). The lowest BCUT2D eigenvalue weighted by atomic mass is 10.00. The van der Waals surface area contributed by atoms with E-state index in [4.69, 9.17) is 0 Å². The average molecular weight is 391 g/mol. The Morgan fingerprint density at radius 3 is 2.64 bits per heavy atom. The molecule has 0 saturated heterocycles. The summed E-state index contributed by atoms with van der Waals surface area (Å²) in [6.45, 7) is 2.56. The van der Waals surface area contributed by atoms with E-state index in [2.05, 4.69) is 25.1 Å². The van der Waals surface area contributed by atoms with E-state index in [0.717, 1.165) is 23.4 Å². The number of aromatic nitrogens is 4. The molecule has 1 N–H and O–H groups in total. The maximum Gasteiger partial charge on any atom is 0.416 e. The van der Waals surface area contributed by atoms with Gasteiger partial charge in [-0.15, -0.1) is 0 Å². The number of hydrogen-bond acceptors (Lipinski definition) is 5. The molecule has 0 aliphatic carbocycles. The molecule has 1 aliphatic rings. The van der Waals surface area contributed by atoms with E-state index in [1.165, 1.54) is 12.1 Å². The minimum absolute atomic E-state index is 0.0815. The van der Waals surface area contributed by atoms with Gasteiger partial charge in [-0.25, -0.2) is 4.63 Å². The predicted octanol–water partition coefficient (Wildman–Crippen LogP) is 2.91. The molecule has 0 saturated carbocycles. The Hall–Kier alpha value is -3.17. The number of H-pyrrole nitrogens is 1. The van der Waals surface area contributed by atoms with Gasteiger partial charge in [-0.2, -0.15) is 18.3 Å². The van der Waals surface area contributed by atoms with E-state index >= 15 is 0 Å². The van der Waals surface area contributed by atoms with Gasteiger partial charge < -0.3 is 4.90 Å². The SMILES string of the molecule is Cc1nonc1CC(=O)N1CCc2[nH]nc(-c3ccc(C(F)(F)F)cc3)c2C1. The number of halogens is 3. The molecule has 0 spiro atoms. The van der Waals surface area contributed by atoms with Crippen LogP contribution in [-0.4, -0.2) is 37.9 Å². The zero-order valence-corrected chi connectivity index (χ0v) is 14.9. The highest BCUT2D eigenvalue weighted by atomic mass is 19.4. The second-order valence-electron chi connectivity index (χ2n) is 6.64. The zero-order valence-electron chi connectivity index (χ0n) is 14.9. The van der Waals surface area contributed by atoms with Gasteiger partial charge in [-0.05, 0) is 19.1 Å². The van der Waals surface area contributed by atoms with Gasteiger partial charge in [0.15, 0.2) is 0 Å². The molecule has 0 fully saturated rings. The highest BCUT2D eigenvalue weighted by molar-refractivity contribution is 5.79. The van der Waals surface area contributed by atoms with Crippen LogP contribution in [0.5, 0.6) is 0 Å². The minimum Gasteiger partial charge on any atom is -0.337 e. The Morgan fingerprint density at radius 2 is 2.00 bits per heavy atom. The van der Waals surface area contributed by atoms with Crippen molar-refractivity contribution in [3.05, 3.63) is 52.5 Å². The third-order valence-corrected chi connectivity index (χ3v) is 4.84. The number of rotatable bonds is 3. The molecule has 2 aromatic heterocycles. The molecule has 3 heterocycles. The van der Waals surface area contributed by atoms with Crippen molar-refractivity contribution in [1.82, 2.24) is 25.4 Å². The minimum atomic E-state index is -4.39. The number of aromatic amines is 1. The van der Waals surface area contributed by atoms with Crippen molar-refractivity contribution in [1.29, 1.82) is 0 Å². The van der Waals surface area contributed by atoms with Gasteiger partial charge in [0, 0.05) is 36.3 Å². The number of amides is 1. The molecule has 0 atom stereocenters. The van der Waals surface area contributed by atoms with Crippen LogP contribution in [0.25, 0.3) is 11.3 Å². The van der Waals surface area contributed by atoms with Crippen molar-refractivity contribution >= 4 is 5.91 Å². The van der Waals surface area contributed by atoms with Crippen LogP contribution in [0.2, 0.25) is 0 Å². The van der Waals surface area contributed by atoms with Crippen LogP contribution in [0.4, 0.5) is 13.2 Å². The molecule has 0 unspecified atom stereocenters. The van der Waals surface area contributed by atoms with Gasteiger partial charge in [-0.3, -0.25) is 9.89 Å². The van der Waals surface area contributed by atoms with Gasteiger partial charge in [-0.1, -0.05) is 22.4 Å². The molecule has 7 nitrogen and oxygen atoms in total. The first kappa shape index (κ1) is 18.2. The highest BCUT2D eigenvalue weighted by Gasteiger charge is 2.31. The van der Waals surface area contributed by atoms with Gasteiger partial charge in [0.05, 0.1) is 17.7 Å². The number of alkyl halides is 3. The Balaban J connectivity index is 1.55. The monoisotopic (exact) mass is 391 g/mol. The lowest BCUT2D eigenvalue weighted by Crippen LogP contribution is -2.37. The third-order valence-electron chi connectivity index (χ3n) is 4.84. The lowest BCUT2D eigenvalue weighted by Gasteiger charge is -2.27. The molecular formula is C18H16F3N5O2. The Bertz CT molecular complexity index is 1010. The van der Waals surface area contributed by atoms with Crippen LogP contribution < -0.4 is 0 Å². The number of nitrogens with zero attached hydrogens (tertiary/aromatic N) is 4. The largest absolute Gasteiger partial charge is 0.416 e. The van der Waals surface area contributed by atoms with Crippen molar-refractivity contribution in [3.63, 3.8) is 0 Å². The van der Waals surface area contributed by atoms with Crippen molar-refractivity contribution < 1.29 is 22.6 Å². The quantitative estimate of drug-likeness (QED) is 0.742. The molecule has 3 aromatic rings. The number of aryl methyl sites for hydroxylation is 1. The van der Waals surface area contributed by atoms with E-state index in [0.29, 0.717) is 42.2 Å². The summed E-state index contributed by atoms with van der Waals surface area (Å²) >= 11 is 0. The van der Waals surface area contributed by atoms with Crippen LogP contribution in [0.3, 0.4) is 0 Å². The summed E-state index contributed by atoms with van der Waals surface area (Å²) in [4.78, 5) is 14.3. The fourth-order valence-corrected chi connectivity index (χ4v) is 3.23. The van der Waals surface area contributed by atoms with Crippen molar-refractivity contribution in [2.45, 2.75) is 32.5 Å². The van der Waals surface area contributed by atoms with Gasteiger partial charge >= 0.3 is 6.18 Å². The molecule has 28 heavy (non-hydrogen) atoms. The van der Waals surface area contributed by atoms with E-state index in [1.54, 1.807) is 11.8 Å². The number of carbonyl (C=O) groups is 1. The summed E-state index contributed by atoms with van der Waals surface area (Å²) in [5, 5.41) is 14.6. The number of nitrogens with one attached hydrogen (secondary N) is 1. The topological polar surface area (TPSA) is 87.9 Å². The highest BCUT2D eigenvalue weighted by Crippen LogP contribution is 2.33. The molecule has 1 aromatic carbocycles. The van der Waals surface area contributed by atoms with Gasteiger partial charge in [0.25, 0.3) is 0 Å². The van der Waals surface area contributed by atoms with E-state index in [9.17, 15) is 18.0 Å². The Morgan fingerprint density at radius 1 is 1.25 bits per heavy atom. The average Bonchev–Trinajstić information content (AvgIpc) is 3.27. The van der Waals surface area contributed by atoms with E-state index in [-0.39, 0.29) is 12.3 Å². The number of carbonyl (C=O) groups excluding carboxylic acids is 1. The molecule has 0 bridgehead atoms. The first-order chi connectivity index (χ1) is 13.3. The molecule has 0 radical (unpaired) electrons. The second kappa shape index (κ2) is 6.77. The van der Waals surface area contributed by atoms with Crippen LogP contribution in [-0.2, 0) is 30.4 Å². The molecule has 1 aliphatic heterocycles. The maximum absolute atomic E-state index is 12.8.